The topological polar surface area (TPSA) is 95.1 Å². The maximum atomic E-state index is 12.6. The Morgan fingerprint density at radius 1 is 1.10 bits per heavy atom. The highest BCUT2D eigenvalue weighted by atomic mass is 35.5. The number of aromatic carboxylic acids is 1. The number of nitrogens with one attached hydrogen (secondary N) is 1. The number of nitrogens with zero attached hydrogens (tertiary/aromatic N) is 2. The fourth-order valence-corrected chi connectivity index (χ4v) is 3.79. The summed E-state index contributed by atoms with van der Waals surface area (Å²) in [5.74, 6) is -1.88. The minimum absolute atomic E-state index is 0.0656. The Bertz CT molecular complexity index is 1250. The number of carbonyl (C=O) groups excluding carboxylic acids is 1. The van der Waals surface area contributed by atoms with E-state index in [0.717, 1.165) is 17.1 Å². The molecule has 0 radical (unpaired) electrons. The van der Waals surface area contributed by atoms with Crippen molar-refractivity contribution in [3.05, 3.63) is 86.7 Å². The number of hydrogen-bond donors (Lipinski definition) is 2. The van der Waals surface area contributed by atoms with Gasteiger partial charge in [0.25, 0.3) is 5.91 Å². The van der Waals surface area contributed by atoms with Gasteiger partial charge in [-0.3, -0.25) is 4.79 Å². The molecular weight excluding hydrogens is 437 g/mol. The van der Waals surface area contributed by atoms with Gasteiger partial charge in [-0.05, 0) is 61.9 Å². The zero-order valence-corrected chi connectivity index (χ0v) is 18.1. The summed E-state index contributed by atoms with van der Waals surface area (Å²) in [4.78, 5) is 24.0. The Morgan fingerprint density at radius 3 is 2.35 bits per heavy atom. The summed E-state index contributed by atoms with van der Waals surface area (Å²) in [7, 11) is 0. The number of amides is 1. The molecule has 1 heterocycles. The molecule has 0 saturated carbocycles. The lowest BCUT2D eigenvalue weighted by atomic mass is 10.1. The normalized spacial score (nSPS) is 11.1. The van der Waals surface area contributed by atoms with Crippen LogP contribution in [0.3, 0.4) is 0 Å². The van der Waals surface area contributed by atoms with Crippen molar-refractivity contribution in [3.8, 4) is 11.8 Å². The molecule has 1 aromatic heterocycles. The van der Waals surface area contributed by atoms with Crippen LogP contribution in [-0.4, -0.2) is 21.6 Å². The zero-order chi connectivity index (χ0) is 22.7. The van der Waals surface area contributed by atoms with E-state index in [2.05, 4.69) is 5.32 Å². The van der Waals surface area contributed by atoms with Crippen LogP contribution in [0.2, 0.25) is 10.0 Å². The predicted octanol–water partition coefficient (Wildman–Crippen LogP) is 5.64. The number of anilines is 1. The summed E-state index contributed by atoms with van der Waals surface area (Å²) < 4.78 is 1.91. The van der Waals surface area contributed by atoms with Gasteiger partial charge in [0, 0.05) is 27.1 Å². The first-order valence-electron chi connectivity index (χ1n) is 9.12. The average Bonchev–Trinajstić information content (AvgIpc) is 2.98. The summed E-state index contributed by atoms with van der Waals surface area (Å²) in [6.07, 6.45) is 1.46. The van der Waals surface area contributed by atoms with E-state index in [1.165, 1.54) is 18.2 Å². The first-order chi connectivity index (χ1) is 14.7. The molecule has 8 heteroatoms. The second kappa shape index (κ2) is 9.09. The summed E-state index contributed by atoms with van der Waals surface area (Å²) >= 11 is 12.2. The molecular formula is C23H17Cl2N3O3. The third-order valence-electron chi connectivity index (χ3n) is 4.65. The third-order valence-corrected chi connectivity index (χ3v) is 5.08. The molecule has 0 unspecified atom stereocenters. The SMILES string of the molecule is Cc1cc(/C=C(\C#N)C(=O)Nc2ccccc2C(=O)O)c(C)n1-c1cc(Cl)cc(Cl)c1. The number of benzene rings is 2. The van der Waals surface area contributed by atoms with Crippen LogP contribution in [0.4, 0.5) is 5.69 Å². The van der Waals surface area contributed by atoms with Crippen LogP contribution in [0.25, 0.3) is 11.8 Å². The minimum atomic E-state index is -1.18. The maximum Gasteiger partial charge on any atom is 0.337 e. The van der Waals surface area contributed by atoms with Crippen LogP contribution in [0.5, 0.6) is 0 Å². The van der Waals surface area contributed by atoms with E-state index < -0.39 is 11.9 Å². The fraction of sp³-hybridized carbons (Fsp3) is 0.0870. The standard InChI is InChI=1S/C23H17Cl2N3O3/c1-13-7-15(14(2)28(13)19-10-17(24)9-18(25)11-19)8-16(12-26)22(29)27-21-6-4-3-5-20(21)23(30)31/h3-11H,1-2H3,(H,27,29)(H,30,31)/b16-8+. The van der Waals surface area contributed by atoms with E-state index in [1.54, 1.807) is 30.3 Å². The van der Waals surface area contributed by atoms with Gasteiger partial charge in [-0.15, -0.1) is 0 Å². The van der Waals surface area contributed by atoms with Gasteiger partial charge in [0.1, 0.15) is 11.6 Å². The highest BCUT2D eigenvalue weighted by molar-refractivity contribution is 6.34. The molecule has 0 bridgehead atoms. The lowest BCUT2D eigenvalue weighted by Gasteiger charge is -2.11. The highest BCUT2D eigenvalue weighted by Crippen LogP contribution is 2.27. The summed E-state index contributed by atoms with van der Waals surface area (Å²) in [6, 6.07) is 14.9. The van der Waals surface area contributed by atoms with Crippen molar-refractivity contribution in [2.45, 2.75) is 13.8 Å². The molecule has 0 saturated heterocycles. The van der Waals surface area contributed by atoms with Crippen LogP contribution in [0, 0.1) is 25.2 Å². The van der Waals surface area contributed by atoms with Crippen molar-refractivity contribution in [2.75, 3.05) is 5.32 Å². The Morgan fingerprint density at radius 2 is 1.74 bits per heavy atom. The van der Waals surface area contributed by atoms with Crippen LogP contribution >= 0.6 is 23.2 Å². The molecule has 3 aromatic rings. The van der Waals surface area contributed by atoms with Gasteiger partial charge in [0.2, 0.25) is 0 Å². The number of nitriles is 1. The second-order valence-corrected chi connectivity index (χ2v) is 7.64. The van der Waals surface area contributed by atoms with Gasteiger partial charge in [0.05, 0.1) is 11.3 Å². The van der Waals surface area contributed by atoms with Crippen molar-refractivity contribution >= 4 is 46.8 Å². The molecule has 0 spiro atoms. The van der Waals surface area contributed by atoms with Gasteiger partial charge < -0.3 is 15.0 Å². The lowest BCUT2D eigenvalue weighted by molar-refractivity contribution is -0.112. The van der Waals surface area contributed by atoms with Gasteiger partial charge >= 0.3 is 5.97 Å². The third kappa shape index (κ3) is 4.80. The number of halogens is 2. The fourth-order valence-electron chi connectivity index (χ4n) is 3.27. The zero-order valence-electron chi connectivity index (χ0n) is 16.6. The van der Waals surface area contributed by atoms with E-state index in [1.807, 2.05) is 30.6 Å². The number of carbonyl (C=O) groups is 2. The minimum Gasteiger partial charge on any atom is -0.478 e. The van der Waals surface area contributed by atoms with E-state index in [4.69, 9.17) is 23.2 Å². The number of carboxylic acid groups (broad SMARTS) is 1. The van der Waals surface area contributed by atoms with Crippen molar-refractivity contribution in [2.24, 2.45) is 0 Å². The molecule has 1 amide bonds. The second-order valence-electron chi connectivity index (χ2n) is 6.76. The summed E-state index contributed by atoms with van der Waals surface area (Å²) in [6.45, 7) is 3.73. The number of aryl methyl sites for hydroxylation is 1. The molecule has 0 fully saturated rings. The van der Waals surface area contributed by atoms with Crippen LogP contribution in [0.15, 0.2) is 54.1 Å². The van der Waals surface area contributed by atoms with Gasteiger partial charge in [-0.2, -0.15) is 5.26 Å². The number of hydrogen-bond acceptors (Lipinski definition) is 3. The smallest absolute Gasteiger partial charge is 0.337 e. The maximum absolute atomic E-state index is 12.6. The molecule has 0 aliphatic rings. The molecule has 2 aromatic carbocycles. The van der Waals surface area contributed by atoms with Gasteiger partial charge in [-0.1, -0.05) is 35.3 Å². The first-order valence-corrected chi connectivity index (χ1v) is 9.87. The van der Waals surface area contributed by atoms with E-state index >= 15 is 0 Å². The first kappa shape index (κ1) is 22.2. The number of rotatable bonds is 5. The monoisotopic (exact) mass is 453 g/mol. The predicted molar refractivity (Wildman–Crippen MR) is 121 cm³/mol. The molecule has 6 nitrogen and oxygen atoms in total. The molecule has 0 aliphatic heterocycles. The molecule has 0 aliphatic carbocycles. The van der Waals surface area contributed by atoms with E-state index in [0.29, 0.717) is 15.6 Å². The highest BCUT2D eigenvalue weighted by Gasteiger charge is 2.17. The van der Waals surface area contributed by atoms with Crippen LogP contribution in [0.1, 0.15) is 27.3 Å². The van der Waals surface area contributed by atoms with Crippen molar-refractivity contribution < 1.29 is 14.7 Å². The van der Waals surface area contributed by atoms with Crippen molar-refractivity contribution in [1.82, 2.24) is 4.57 Å². The Kier molecular flexibility index (Phi) is 6.50. The van der Waals surface area contributed by atoms with Gasteiger partial charge in [-0.25, -0.2) is 4.79 Å². The summed E-state index contributed by atoms with van der Waals surface area (Å²) in [5, 5.41) is 22.3. The quantitative estimate of drug-likeness (QED) is 0.385. The van der Waals surface area contributed by atoms with E-state index in [-0.39, 0.29) is 16.8 Å². The molecule has 3 rings (SSSR count). The van der Waals surface area contributed by atoms with Crippen molar-refractivity contribution in [1.29, 1.82) is 5.26 Å². The molecule has 156 valence electrons. The lowest BCUT2D eigenvalue weighted by Crippen LogP contribution is -2.16. The molecule has 31 heavy (non-hydrogen) atoms. The van der Waals surface area contributed by atoms with Crippen molar-refractivity contribution in [3.63, 3.8) is 0 Å². The number of carboxylic acids is 1. The van der Waals surface area contributed by atoms with Gasteiger partial charge in [0.15, 0.2) is 0 Å². The van der Waals surface area contributed by atoms with E-state index in [9.17, 15) is 20.0 Å². The Labute approximate surface area is 188 Å². The Balaban J connectivity index is 1.98. The Hall–Kier alpha value is -3.53. The number of para-hydroxylation sites is 1. The summed E-state index contributed by atoms with van der Waals surface area (Å²) in [5.41, 5.74) is 2.93. The van der Waals surface area contributed by atoms with Crippen LogP contribution < -0.4 is 5.32 Å². The largest absolute Gasteiger partial charge is 0.478 e. The van der Waals surface area contributed by atoms with Crippen LogP contribution in [-0.2, 0) is 4.79 Å². The average molecular weight is 454 g/mol. The molecule has 0 atom stereocenters. The number of aromatic nitrogens is 1. The molecule has 2 N–H and O–H groups in total.